The van der Waals surface area contributed by atoms with Crippen LogP contribution in [0.15, 0.2) is 53.0 Å². The van der Waals surface area contributed by atoms with Crippen LogP contribution in [0.3, 0.4) is 0 Å². The average molecular weight is 455 g/mol. The van der Waals surface area contributed by atoms with Crippen LogP contribution in [0.5, 0.6) is 0 Å². The van der Waals surface area contributed by atoms with Gasteiger partial charge in [-0.1, -0.05) is 41.9 Å². The summed E-state index contributed by atoms with van der Waals surface area (Å²) < 4.78 is 5.88. The number of halogens is 2. The van der Waals surface area contributed by atoms with Gasteiger partial charge in [-0.3, -0.25) is 4.79 Å². The lowest BCUT2D eigenvalue weighted by Gasteiger charge is -2.29. The summed E-state index contributed by atoms with van der Waals surface area (Å²) in [6.07, 6.45) is 0. The predicted molar refractivity (Wildman–Crippen MR) is 107 cm³/mol. The van der Waals surface area contributed by atoms with Crippen molar-refractivity contribution in [3.8, 4) is 0 Å². The van der Waals surface area contributed by atoms with Gasteiger partial charge < -0.3 is 9.64 Å². The third kappa shape index (κ3) is 3.77. The number of ether oxygens (including phenoxy) is 1. The van der Waals surface area contributed by atoms with Crippen LogP contribution in [0.2, 0.25) is 5.02 Å². The Morgan fingerprint density at radius 3 is 2.62 bits per heavy atom. The Bertz CT molecular complexity index is 832. The first-order valence-electron chi connectivity index (χ1n) is 8.14. The topological polar surface area (TPSA) is 46.6 Å². The van der Waals surface area contributed by atoms with E-state index >= 15 is 0 Å². The second-order valence-corrected chi connectivity index (χ2v) is 8.04. The second kappa shape index (κ2) is 8.46. The molecule has 1 aliphatic heterocycles. The number of hydrogen-bond donors (Lipinski definition) is 0. The zero-order valence-corrected chi connectivity index (χ0v) is 17.2. The number of carbonyl (C=O) groups is 2. The van der Waals surface area contributed by atoms with Gasteiger partial charge in [-0.25, -0.2) is 4.79 Å². The third-order valence-corrected chi connectivity index (χ3v) is 6.41. The van der Waals surface area contributed by atoms with E-state index in [9.17, 15) is 9.59 Å². The van der Waals surface area contributed by atoms with Crippen molar-refractivity contribution in [2.24, 2.45) is 0 Å². The highest BCUT2D eigenvalue weighted by molar-refractivity contribution is 9.10. The molecule has 0 aromatic heterocycles. The van der Waals surface area contributed by atoms with Crippen LogP contribution in [-0.4, -0.2) is 35.2 Å². The van der Waals surface area contributed by atoms with E-state index in [4.69, 9.17) is 16.3 Å². The second-order valence-electron chi connectivity index (χ2n) is 5.67. The lowest BCUT2D eigenvalue weighted by Crippen LogP contribution is -2.44. The molecule has 1 saturated heterocycles. The highest BCUT2D eigenvalue weighted by Gasteiger charge is 2.44. The average Bonchev–Trinajstić information content (AvgIpc) is 3.07. The predicted octanol–water partition coefficient (Wildman–Crippen LogP) is 4.92. The summed E-state index contributed by atoms with van der Waals surface area (Å²) in [7, 11) is 0. The van der Waals surface area contributed by atoms with Crippen molar-refractivity contribution < 1.29 is 14.3 Å². The molecule has 0 bridgehead atoms. The molecular formula is C19H17BrClNO3S. The van der Waals surface area contributed by atoms with E-state index in [-0.39, 0.29) is 17.9 Å². The van der Waals surface area contributed by atoms with Crippen LogP contribution in [0, 0.1) is 0 Å². The molecule has 1 aliphatic rings. The fourth-order valence-corrected chi connectivity index (χ4v) is 5.07. The molecule has 1 amide bonds. The molecule has 2 aromatic rings. The molecule has 1 heterocycles. The Hall–Kier alpha value is -1.50. The SMILES string of the molecule is CCOC(=O)C1CSC(c2ccccc2Cl)N1C(=O)c1ccccc1Br. The van der Waals surface area contributed by atoms with E-state index in [1.807, 2.05) is 24.3 Å². The molecule has 0 radical (unpaired) electrons. The molecule has 2 unspecified atom stereocenters. The highest BCUT2D eigenvalue weighted by atomic mass is 79.9. The summed E-state index contributed by atoms with van der Waals surface area (Å²) in [6.45, 7) is 2.03. The first kappa shape index (κ1) is 19.3. The molecule has 3 rings (SSSR count). The Balaban J connectivity index is 2.03. The highest BCUT2D eigenvalue weighted by Crippen LogP contribution is 2.45. The van der Waals surface area contributed by atoms with Crippen molar-refractivity contribution in [2.75, 3.05) is 12.4 Å². The summed E-state index contributed by atoms with van der Waals surface area (Å²) in [4.78, 5) is 27.4. The Kier molecular flexibility index (Phi) is 6.27. The fourth-order valence-electron chi connectivity index (χ4n) is 2.86. The van der Waals surface area contributed by atoms with Crippen LogP contribution >= 0.6 is 39.3 Å². The Morgan fingerprint density at radius 1 is 1.23 bits per heavy atom. The largest absolute Gasteiger partial charge is 0.464 e. The van der Waals surface area contributed by atoms with Gasteiger partial charge in [0, 0.05) is 20.8 Å². The third-order valence-electron chi connectivity index (χ3n) is 4.07. The number of thioether (sulfide) groups is 1. The molecule has 0 spiro atoms. The van der Waals surface area contributed by atoms with Gasteiger partial charge in [-0.05, 0) is 41.1 Å². The minimum atomic E-state index is -0.652. The summed E-state index contributed by atoms with van der Waals surface area (Å²) in [6, 6.07) is 13.9. The van der Waals surface area contributed by atoms with Gasteiger partial charge in [0.2, 0.25) is 0 Å². The van der Waals surface area contributed by atoms with Gasteiger partial charge >= 0.3 is 5.97 Å². The Labute approximate surface area is 170 Å². The van der Waals surface area contributed by atoms with Crippen molar-refractivity contribution in [3.05, 3.63) is 69.2 Å². The van der Waals surface area contributed by atoms with Gasteiger partial charge in [-0.2, -0.15) is 0 Å². The molecule has 26 heavy (non-hydrogen) atoms. The molecule has 2 aromatic carbocycles. The van der Waals surface area contributed by atoms with Crippen molar-refractivity contribution in [1.29, 1.82) is 0 Å². The fraction of sp³-hybridized carbons (Fsp3) is 0.263. The van der Waals surface area contributed by atoms with Crippen LogP contribution < -0.4 is 0 Å². The molecule has 1 fully saturated rings. The number of amides is 1. The first-order chi connectivity index (χ1) is 12.5. The maximum Gasteiger partial charge on any atom is 0.329 e. The quantitative estimate of drug-likeness (QED) is 0.615. The van der Waals surface area contributed by atoms with Gasteiger partial charge in [0.25, 0.3) is 5.91 Å². The molecule has 4 nitrogen and oxygen atoms in total. The van der Waals surface area contributed by atoms with Crippen molar-refractivity contribution in [1.82, 2.24) is 4.90 Å². The maximum absolute atomic E-state index is 13.3. The zero-order valence-electron chi connectivity index (χ0n) is 14.0. The van der Waals surface area contributed by atoms with E-state index in [1.54, 1.807) is 36.1 Å². The number of rotatable bonds is 4. The van der Waals surface area contributed by atoms with Crippen LogP contribution in [0.1, 0.15) is 28.2 Å². The van der Waals surface area contributed by atoms with E-state index in [0.29, 0.717) is 20.8 Å². The lowest BCUT2D eigenvalue weighted by atomic mass is 10.1. The molecule has 7 heteroatoms. The maximum atomic E-state index is 13.3. The molecule has 136 valence electrons. The molecular weight excluding hydrogens is 438 g/mol. The lowest BCUT2D eigenvalue weighted by molar-refractivity contribution is -0.147. The standard InChI is InChI=1S/C19H17BrClNO3S/c1-2-25-19(24)16-11-26-18(13-8-4-6-10-15(13)21)22(16)17(23)12-7-3-5-9-14(12)20/h3-10,16,18H,2,11H2,1H3. The van der Waals surface area contributed by atoms with E-state index < -0.39 is 12.0 Å². The molecule has 2 atom stereocenters. The van der Waals surface area contributed by atoms with Gasteiger partial charge in [0.05, 0.1) is 12.2 Å². The van der Waals surface area contributed by atoms with Gasteiger partial charge in [0.15, 0.2) is 0 Å². The molecule has 0 saturated carbocycles. The van der Waals surface area contributed by atoms with E-state index in [2.05, 4.69) is 15.9 Å². The summed E-state index contributed by atoms with van der Waals surface area (Å²) in [5.74, 6) is -0.161. The monoisotopic (exact) mass is 453 g/mol. The number of benzene rings is 2. The van der Waals surface area contributed by atoms with Crippen molar-refractivity contribution in [3.63, 3.8) is 0 Å². The molecule has 0 N–H and O–H groups in total. The minimum Gasteiger partial charge on any atom is -0.464 e. The normalized spacial score (nSPS) is 19.4. The van der Waals surface area contributed by atoms with Gasteiger partial charge in [-0.15, -0.1) is 11.8 Å². The smallest absolute Gasteiger partial charge is 0.329 e. The van der Waals surface area contributed by atoms with Crippen LogP contribution in [0.4, 0.5) is 0 Å². The van der Waals surface area contributed by atoms with Crippen LogP contribution in [-0.2, 0) is 9.53 Å². The summed E-state index contributed by atoms with van der Waals surface area (Å²) in [5, 5.41) is 0.220. The van der Waals surface area contributed by atoms with Crippen molar-refractivity contribution >= 4 is 51.2 Å². The number of hydrogen-bond acceptors (Lipinski definition) is 4. The molecule has 0 aliphatic carbocycles. The number of esters is 1. The number of carbonyl (C=O) groups excluding carboxylic acids is 2. The van der Waals surface area contributed by atoms with Crippen LogP contribution in [0.25, 0.3) is 0 Å². The first-order valence-corrected chi connectivity index (χ1v) is 10.4. The van der Waals surface area contributed by atoms with E-state index in [1.165, 1.54) is 11.8 Å². The van der Waals surface area contributed by atoms with Crippen molar-refractivity contribution in [2.45, 2.75) is 18.3 Å². The minimum absolute atomic E-state index is 0.231. The number of nitrogens with zero attached hydrogens (tertiary/aromatic N) is 1. The summed E-state index contributed by atoms with van der Waals surface area (Å²) >= 11 is 11.3. The van der Waals surface area contributed by atoms with Gasteiger partial charge in [0.1, 0.15) is 11.4 Å². The summed E-state index contributed by atoms with van der Waals surface area (Å²) in [5.41, 5.74) is 1.31. The van der Waals surface area contributed by atoms with E-state index in [0.717, 1.165) is 5.56 Å². The Morgan fingerprint density at radius 2 is 1.92 bits per heavy atom. The zero-order chi connectivity index (χ0) is 18.7.